The van der Waals surface area contributed by atoms with Crippen molar-refractivity contribution in [2.45, 2.75) is 12.3 Å². The molecule has 0 spiro atoms. The van der Waals surface area contributed by atoms with Crippen LogP contribution in [0.5, 0.6) is 0 Å². The Morgan fingerprint density at radius 3 is 2.57 bits per heavy atom. The molecule has 2 amide bonds. The third-order valence-electron chi connectivity index (χ3n) is 3.49. The first-order chi connectivity index (χ1) is 10.3. The van der Waals surface area contributed by atoms with Crippen molar-refractivity contribution in [3.8, 4) is 0 Å². The second-order valence-corrected chi connectivity index (χ2v) is 6.72. The normalized spacial score (nSPS) is 17.7. The largest absolute Gasteiger partial charge is 1.00 e. The topological polar surface area (TPSA) is 107 Å². The Bertz CT molecular complexity index is 650. The summed E-state index contributed by atoms with van der Waals surface area (Å²) >= 11 is 0. The van der Waals surface area contributed by atoms with E-state index in [1.807, 2.05) is 30.3 Å². The van der Waals surface area contributed by atoms with Gasteiger partial charge in [-0.05, 0) is 5.56 Å². The molecule has 1 atom stereocenters. The van der Waals surface area contributed by atoms with Gasteiger partial charge in [-0.2, -0.15) is 0 Å². The minimum Gasteiger partial charge on any atom is -0.748 e. The van der Waals surface area contributed by atoms with Crippen molar-refractivity contribution in [3.63, 3.8) is 0 Å². The van der Waals surface area contributed by atoms with Crippen LogP contribution in [0.2, 0.25) is 0 Å². The van der Waals surface area contributed by atoms with E-state index in [4.69, 9.17) is 0 Å². The zero-order valence-corrected chi connectivity index (χ0v) is 16.8. The smallest absolute Gasteiger partial charge is 0.748 e. The van der Waals surface area contributed by atoms with Gasteiger partial charge in [0.15, 0.2) is 0 Å². The first-order valence-corrected chi connectivity index (χ1v) is 8.46. The van der Waals surface area contributed by atoms with Crippen LogP contribution in [-0.2, 0) is 19.7 Å². The zero-order chi connectivity index (χ0) is 16.2. The van der Waals surface area contributed by atoms with E-state index < -0.39 is 21.8 Å². The Labute approximate surface area is 178 Å². The number of nitrogens with zero attached hydrogens (tertiary/aromatic N) is 1. The zero-order valence-electron chi connectivity index (χ0n) is 12.9. The van der Waals surface area contributed by atoms with Gasteiger partial charge in [-0.1, -0.05) is 30.3 Å². The molecule has 1 fully saturated rings. The SMILES string of the molecule is O=C(CN1CC(c2ccccc2)CC1=O)NCCS(=O)(=O)[O-].[K+]. The summed E-state index contributed by atoms with van der Waals surface area (Å²) in [4.78, 5) is 25.0. The first kappa shape index (κ1) is 20.8. The maximum Gasteiger partial charge on any atom is 1.00 e. The molecule has 23 heavy (non-hydrogen) atoms. The van der Waals surface area contributed by atoms with E-state index in [-0.39, 0.29) is 76.3 Å². The molecule has 120 valence electrons. The molecule has 0 bridgehead atoms. The van der Waals surface area contributed by atoms with Crippen molar-refractivity contribution in [1.29, 1.82) is 0 Å². The molecule has 7 nitrogen and oxygen atoms in total. The monoisotopic (exact) mass is 364 g/mol. The van der Waals surface area contributed by atoms with E-state index in [1.165, 1.54) is 4.90 Å². The van der Waals surface area contributed by atoms with Crippen LogP contribution in [0.15, 0.2) is 30.3 Å². The summed E-state index contributed by atoms with van der Waals surface area (Å²) in [5, 5.41) is 2.33. The number of carbonyl (C=O) groups excluding carboxylic acids is 2. The quantitative estimate of drug-likeness (QED) is 0.420. The van der Waals surface area contributed by atoms with Crippen molar-refractivity contribution in [2.75, 3.05) is 25.4 Å². The summed E-state index contributed by atoms with van der Waals surface area (Å²) in [6.07, 6.45) is 0.353. The van der Waals surface area contributed by atoms with Crippen LogP contribution in [-0.4, -0.2) is 55.1 Å². The van der Waals surface area contributed by atoms with Crippen molar-refractivity contribution >= 4 is 21.9 Å². The molecule has 1 aliphatic rings. The summed E-state index contributed by atoms with van der Waals surface area (Å²) in [6, 6.07) is 9.59. The molecule has 0 saturated carbocycles. The molecule has 1 N–H and O–H groups in total. The molecule has 1 heterocycles. The average Bonchev–Trinajstić information content (AvgIpc) is 2.80. The van der Waals surface area contributed by atoms with E-state index in [2.05, 4.69) is 5.32 Å². The minimum atomic E-state index is -4.35. The number of nitrogens with one attached hydrogen (secondary N) is 1. The van der Waals surface area contributed by atoms with E-state index in [9.17, 15) is 22.6 Å². The van der Waals surface area contributed by atoms with Crippen LogP contribution in [0.4, 0.5) is 0 Å². The van der Waals surface area contributed by atoms with Crippen LogP contribution in [0.25, 0.3) is 0 Å². The fourth-order valence-corrected chi connectivity index (χ4v) is 2.77. The van der Waals surface area contributed by atoms with Crippen LogP contribution in [0, 0.1) is 0 Å². The third kappa shape index (κ3) is 7.00. The molecule has 1 saturated heterocycles. The maximum absolute atomic E-state index is 11.9. The van der Waals surface area contributed by atoms with Gasteiger partial charge in [0.2, 0.25) is 11.8 Å². The predicted octanol–water partition coefficient (Wildman–Crippen LogP) is -3.33. The predicted molar refractivity (Wildman–Crippen MR) is 78.0 cm³/mol. The van der Waals surface area contributed by atoms with E-state index in [1.54, 1.807) is 0 Å². The van der Waals surface area contributed by atoms with Crippen molar-refractivity contribution in [1.82, 2.24) is 10.2 Å². The van der Waals surface area contributed by atoms with Crippen LogP contribution in [0.1, 0.15) is 17.9 Å². The Balaban J connectivity index is 0.00000264. The fraction of sp³-hybridized carbons (Fsp3) is 0.429. The molecule has 0 radical (unpaired) electrons. The first-order valence-electron chi connectivity index (χ1n) is 6.88. The molecule has 9 heteroatoms. The Kier molecular flexibility index (Phi) is 8.35. The number of amides is 2. The van der Waals surface area contributed by atoms with Crippen LogP contribution in [0.3, 0.4) is 0 Å². The van der Waals surface area contributed by atoms with Gasteiger partial charge in [-0.25, -0.2) is 8.42 Å². The number of carbonyl (C=O) groups is 2. The average molecular weight is 364 g/mol. The van der Waals surface area contributed by atoms with Gasteiger partial charge in [-0.15, -0.1) is 0 Å². The summed E-state index contributed by atoms with van der Waals surface area (Å²) in [5.74, 6) is -1.17. The van der Waals surface area contributed by atoms with Crippen LogP contribution < -0.4 is 56.7 Å². The molecule has 0 aromatic heterocycles. The fourth-order valence-electron chi connectivity index (χ4n) is 2.42. The van der Waals surface area contributed by atoms with Gasteiger partial charge < -0.3 is 14.8 Å². The second-order valence-electron chi connectivity index (χ2n) is 5.20. The van der Waals surface area contributed by atoms with Gasteiger partial charge in [0.1, 0.15) is 0 Å². The van der Waals surface area contributed by atoms with Gasteiger partial charge in [0.05, 0.1) is 22.4 Å². The number of hydrogen-bond donors (Lipinski definition) is 1. The summed E-state index contributed by atoms with van der Waals surface area (Å²) in [5.41, 5.74) is 1.05. The Morgan fingerprint density at radius 1 is 1.30 bits per heavy atom. The number of rotatable bonds is 6. The number of benzene rings is 1. The Hall–Kier alpha value is -0.294. The van der Waals surface area contributed by atoms with E-state index in [0.717, 1.165) is 5.56 Å². The third-order valence-corrected chi connectivity index (χ3v) is 4.20. The molecule has 1 aliphatic heterocycles. The molecular formula is C14H17KN2O5S. The summed E-state index contributed by atoms with van der Waals surface area (Å²) < 4.78 is 31.3. The standard InChI is InChI=1S/C14H18N2O5S.K/c17-13(15-6-7-22(19,20)21)10-16-9-12(8-14(16)18)11-4-2-1-3-5-11;/h1-5,12H,6-10H2,(H,15,17)(H,19,20,21);/q;+1/p-1. The van der Waals surface area contributed by atoms with Gasteiger partial charge in [0.25, 0.3) is 0 Å². The molecule has 0 aliphatic carbocycles. The van der Waals surface area contributed by atoms with Gasteiger partial charge >= 0.3 is 51.4 Å². The molecule has 1 unspecified atom stereocenters. The summed E-state index contributed by atoms with van der Waals surface area (Å²) in [6.45, 7) is 0.0893. The van der Waals surface area contributed by atoms with E-state index >= 15 is 0 Å². The number of likely N-dealkylation sites (tertiary alicyclic amines) is 1. The summed E-state index contributed by atoms with van der Waals surface area (Å²) in [7, 11) is -4.35. The second kappa shape index (κ2) is 9.26. The molecule has 2 rings (SSSR count). The molecule has 1 aromatic rings. The minimum absolute atomic E-state index is 0. The van der Waals surface area contributed by atoms with Crippen molar-refractivity contribution in [3.05, 3.63) is 35.9 Å². The van der Waals surface area contributed by atoms with E-state index in [0.29, 0.717) is 13.0 Å². The van der Waals surface area contributed by atoms with Gasteiger partial charge in [-0.3, -0.25) is 9.59 Å². The van der Waals surface area contributed by atoms with Gasteiger partial charge in [0, 0.05) is 25.4 Å². The van der Waals surface area contributed by atoms with Crippen molar-refractivity contribution < 1.29 is 73.9 Å². The van der Waals surface area contributed by atoms with Crippen molar-refractivity contribution in [2.24, 2.45) is 0 Å². The Morgan fingerprint density at radius 2 is 1.96 bits per heavy atom. The maximum atomic E-state index is 11.9. The molecule has 1 aromatic carbocycles. The number of hydrogen-bond acceptors (Lipinski definition) is 5. The van der Waals surface area contributed by atoms with Crippen LogP contribution >= 0.6 is 0 Å². The molecular weight excluding hydrogens is 347 g/mol.